The Kier molecular flexibility index (Phi) is 11.9. The fourth-order valence-corrected chi connectivity index (χ4v) is 5.29. The van der Waals surface area contributed by atoms with Gasteiger partial charge in [-0.1, -0.05) is 36.4 Å². The summed E-state index contributed by atoms with van der Waals surface area (Å²) in [4.78, 5) is 24.6. The van der Waals surface area contributed by atoms with E-state index in [0.29, 0.717) is 47.5 Å². The van der Waals surface area contributed by atoms with E-state index in [9.17, 15) is 14.7 Å². The van der Waals surface area contributed by atoms with Crippen molar-refractivity contribution in [2.24, 2.45) is 5.10 Å². The van der Waals surface area contributed by atoms with E-state index in [1.807, 2.05) is 43.3 Å². The molecule has 1 heterocycles. The number of esters is 1. The van der Waals surface area contributed by atoms with Gasteiger partial charge in [0.15, 0.2) is 29.2 Å². The largest absolute Gasteiger partial charge is 0.493 e. The Balaban J connectivity index is 1.39. The number of hydrazone groups is 1. The lowest BCUT2D eigenvalue weighted by atomic mass is 9.95. The Hall–Kier alpha value is -4.50. The molecule has 45 heavy (non-hydrogen) atoms. The van der Waals surface area contributed by atoms with E-state index < -0.39 is 24.3 Å². The number of benzene rings is 3. The molecular weight excluding hydrogens is 695 g/mol. The Morgan fingerprint density at radius 3 is 2.56 bits per heavy atom. The van der Waals surface area contributed by atoms with Crippen LogP contribution in [-0.4, -0.2) is 57.0 Å². The van der Waals surface area contributed by atoms with Gasteiger partial charge in [-0.2, -0.15) is 5.10 Å². The zero-order chi connectivity index (χ0) is 32.3. The second-order valence-corrected chi connectivity index (χ2v) is 10.9. The summed E-state index contributed by atoms with van der Waals surface area (Å²) >= 11 is 2.18. The van der Waals surface area contributed by atoms with Gasteiger partial charge in [0.05, 0.1) is 42.2 Å². The van der Waals surface area contributed by atoms with E-state index in [1.54, 1.807) is 44.5 Å². The molecule has 0 spiro atoms. The molecular formula is C32H35IN4O8. The quantitative estimate of drug-likeness (QED) is 0.0623. The number of halogens is 1. The summed E-state index contributed by atoms with van der Waals surface area (Å²) < 4.78 is 28.9. The number of ether oxygens (including phenoxy) is 5. The summed E-state index contributed by atoms with van der Waals surface area (Å²) in [6, 6.07) is 17.3. The standard InChI is InChI=1S/C32H35IN4O8/c1-5-43-25-15-22(29-28(31(39)42-4)19(2)35-32(40)36-29)11-12-24(25)44-18-27(38)37-34-16-21-13-23(33)30(26(14-21)41-3)45-17-20-9-7-6-8-10-20/h6-16,27,29,37-38H,5,17-18H2,1-4H3,(H2,35,36,40)/b34-16-/t27-,29-/m0/s1. The molecule has 0 saturated heterocycles. The fraction of sp³-hybridized carbons (Fsp3) is 0.281. The third-order valence-corrected chi connectivity index (χ3v) is 7.39. The minimum atomic E-state index is -1.15. The van der Waals surface area contributed by atoms with Gasteiger partial charge in [0.1, 0.15) is 13.2 Å². The van der Waals surface area contributed by atoms with Crippen molar-refractivity contribution in [2.45, 2.75) is 32.7 Å². The van der Waals surface area contributed by atoms with Gasteiger partial charge in [0.2, 0.25) is 0 Å². The lowest BCUT2D eigenvalue weighted by molar-refractivity contribution is -0.136. The van der Waals surface area contributed by atoms with Crippen LogP contribution in [0.1, 0.15) is 36.6 Å². The number of amides is 2. The summed E-state index contributed by atoms with van der Waals surface area (Å²) in [6.07, 6.45) is 0.405. The van der Waals surface area contributed by atoms with Gasteiger partial charge < -0.3 is 39.4 Å². The van der Waals surface area contributed by atoms with Crippen LogP contribution in [0, 0.1) is 3.57 Å². The maximum atomic E-state index is 12.5. The van der Waals surface area contributed by atoms with Crippen LogP contribution >= 0.6 is 22.6 Å². The number of allylic oxidation sites excluding steroid dienone is 1. The SMILES string of the molecule is CCOc1cc([C@@H]2NC(=O)NC(C)=C2C(=O)OC)ccc1OC[C@H](O)N/N=C\c1cc(I)c(OCc2ccccc2)c(OC)c1. The molecule has 13 heteroatoms. The third-order valence-electron chi connectivity index (χ3n) is 6.59. The highest BCUT2D eigenvalue weighted by molar-refractivity contribution is 14.1. The number of aliphatic hydroxyl groups excluding tert-OH is 1. The van der Waals surface area contributed by atoms with Crippen LogP contribution in [0.5, 0.6) is 23.0 Å². The van der Waals surface area contributed by atoms with Crippen molar-refractivity contribution >= 4 is 40.8 Å². The number of nitrogens with one attached hydrogen (secondary N) is 3. The highest BCUT2D eigenvalue weighted by Gasteiger charge is 2.32. The van der Waals surface area contributed by atoms with Crippen LogP contribution in [0.3, 0.4) is 0 Å². The molecule has 1 aliphatic rings. The lowest BCUT2D eigenvalue weighted by Gasteiger charge is -2.28. The minimum absolute atomic E-state index is 0.152. The van der Waals surface area contributed by atoms with E-state index in [-0.39, 0.29) is 12.2 Å². The molecule has 0 aromatic heterocycles. The molecule has 3 aromatic carbocycles. The molecule has 0 radical (unpaired) electrons. The van der Waals surface area contributed by atoms with Gasteiger partial charge in [0.25, 0.3) is 0 Å². The maximum absolute atomic E-state index is 12.5. The number of carbonyl (C=O) groups excluding carboxylic acids is 2. The summed E-state index contributed by atoms with van der Waals surface area (Å²) in [5.41, 5.74) is 5.67. The van der Waals surface area contributed by atoms with E-state index >= 15 is 0 Å². The summed E-state index contributed by atoms with van der Waals surface area (Å²) in [5.74, 6) is 1.35. The van der Waals surface area contributed by atoms with Gasteiger partial charge in [-0.05, 0) is 77.4 Å². The molecule has 0 fully saturated rings. The number of urea groups is 1. The number of rotatable bonds is 14. The number of aliphatic hydroxyl groups is 1. The fourth-order valence-electron chi connectivity index (χ4n) is 4.50. The van der Waals surface area contributed by atoms with Crippen LogP contribution in [0.4, 0.5) is 4.79 Å². The Labute approximate surface area is 274 Å². The van der Waals surface area contributed by atoms with Gasteiger partial charge in [-0.15, -0.1) is 0 Å². The van der Waals surface area contributed by atoms with Crippen LogP contribution in [0.2, 0.25) is 0 Å². The lowest BCUT2D eigenvalue weighted by Crippen LogP contribution is -2.45. The number of carbonyl (C=O) groups is 2. The zero-order valence-electron chi connectivity index (χ0n) is 25.3. The first-order valence-electron chi connectivity index (χ1n) is 14.0. The van der Waals surface area contributed by atoms with Crippen molar-refractivity contribution in [3.05, 3.63) is 92.2 Å². The highest BCUT2D eigenvalue weighted by Crippen LogP contribution is 2.36. The molecule has 2 atom stereocenters. The minimum Gasteiger partial charge on any atom is -0.493 e. The molecule has 4 N–H and O–H groups in total. The topological polar surface area (TPSA) is 149 Å². The zero-order valence-corrected chi connectivity index (χ0v) is 27.4. The predicted molar refractivity (Wildman–Crippen MR) is 175 cm³/mol. The number of methoxy groups -OCH3 is 2. The van der Waals surface area contributed by atoms with Gasteiger partial charge >= 0.3 is 12.0 Å². The molecule has 4 rings (SSSR count). The average molecular weight is 731 g/mol. The third kappa shape index (κ3) is 8.79. The molecule has 0 unspecified atom stereocenters. The van der Waals surface area contributed by atoms with Gasteiger partial charge in [-0.25, -0.2) is 9.59 Å². The van der Waals surface area contributed by atoms with Crippen LogP contribution < -0.4 is 35.0 Å². The van der Waals surface area contributed by atoms with E-state index in [4.69, 9.17) is 23.7 Å². The first kappa shape index (κ1) is 33.4. The Morgan fingerprint density at radius 2 is 1.84 bits per heavy atom. The predicted octanol–water partition coefficient (Wildman–Crippen LogP) is 4.40. The monoisotopic (exact) mass is 730 g/mol. The molecule has 238 valence electrons. The summed E-state index contributed by atoms with van der Waals surface area (Å²) in [7, 11) is 2.85. The Morgan fingerprint density at radius 1 is 1.07 bits per heavy atom. The Bertz CT molecular complexity index is 1560. The van der Waals surface area contributed by atoms with E-state index in [0.717, 1.165) is 14.7 Å². The number of hydrogen-bond acceptors (Lipinski definition) is 10. The van der Waals surface area contributed by atoms with Crippen molar-refractivity contribution in [3.8, 4) is 23.0 Å². The average Bonchev–Trinajstić information content (AvgIpc) is 3.03. The van der Waals surface area contributed by atoms with Crippen LogP contribution in [0.15, 0.2) is 77.0 Å². The summed E-state index contributed by atoms with van der Waals surface area (Å²) in [6.45, 7) is 4.03. The maximum Gasteiger partial charge on any atom is 0.337 e. The van der Waals surface area contributed by atoms with E-state index in [2.05, 4.69) is 43.8 Å². The number of nitrogens with zero attached hydrogens (tertiary/aromatic N) is 1. The molecule has 0 bridgehead atoms. The van der Waals surface area contributed by atoms with Crippen molar-refractivity contribution in [1.82, 2.24) is 16.1 Å². The van der Waals surface area contributed by atoms with Crippen LogP contribution in [0.25, 0.3) is 0 Å². The van der Waals surface area contributed by atoms with Crippen molar-refractivity contribution in [3.63, 3.8) is 0 Å². The number of hydrogen-bond donors (Lipinski definition) is 4. The van der Waals surface area contributed by atoms with Crippen molar-refractivity contribution in [1.29, 1.82) is 0 Å². The first-order valence-corrected chi connectivity index (χ1v) is 15.1. The molecule has 0 aliphatic carbocycles. The second kappa shape index (κ2) is 16.0. The van der Waals surface area contributed by atoms with Gasteiger partial charge in [-0.3, -0.25) is 5.43 Å². The molecule has 12 nitrogen and oxygen atoms in total. The first-order chi connectivity index (χ1) is 21.7. The van der Waals surface area contributed by atoms with Crippen molar-refractivity contribution < 1.29 is 38.4 Å². The molecule has 3 aromatic rings. The smallest absolute Gasteiger partial charge is 0.337 e. The van der Waals surface area contributed by atoms with Crippen molar-refractivity contribution in [2.75, 3.05) is 27.4 Å². The summed E-state index contributed by atoms with van der Waals surface area (Å²) in [5, 5.41) is 20.0. The normalized spacial score (nSPS) is 15.2. The van der Waals surface area contributed by atoms with E-state index in [1.165, 1.54) is 7.11 Å². The molecule has 2 amide bonds. The molecule has 0 saturated carbocycles. The van der Waals surface area contributed by atoms with Gasteiger partial charge in [0, 0.05) is 5.70 Å². The highest BCUT2D eigenvalue weighted by atomic mass is 127. The van der Waals surface area contributed by atoms with Crippen LogP contribution in [-0.2, 0) is 16.1 Å². The molecule has 1 aliphatic heterocycles. The second-order valence-electron chi connectivity index (χ2n) is 9.72.